The molecule has 1 aromatic heterocycles. The number of nitrogens with zero attached hydrogens (tertiary/aromatic N) is 4. The fourth-order valence-electron chi connectivity index (χ4n) is 7.34. The molecular formula is C33H42N6O6. The summed E-state index contributed by atoms with van der Waals surface area (Å²) in [5, 5.41) is 6.65. The van der Waals surface area contributed by atoms with E-state index in [2.05, 4.69) is 22.5 Å². The molecule has 5 aliphatic rings. The predicted octanol–water partition coefficient (Wildman–Crippen LogP) is 3.13. The second-order valence-electron chi connectivity index (χ2n) is 14.1. The minimum Gasteiger partial charge on any atom is -0.444 e. The Balaban J connectivity index is 1.06. The Morgan fingerprint density at radius 3 is 2.27 bits per heavy atom. The normalized spacial score (nSPS) is 25.5. The number of carbonyl (C=O) groups is 4. The van der Waals surface area contributed by atoms with E-state index in [1.807, 2.05) is 37.8 Å². The highest BCUT2D eigenvalue weighted by Gasteiger charge is 2.54. The summed E-state index contributed by atoms with van der Waals surface area (Å²) in [6.45, 7) is 7.06. The van der Waals surface area contributed by atoms with Crippen LogP contribution in [0.15, 0.2) is 23.0 Å². The topological polar surface area (TPSA) is 135 Å². The van der Waals surface area contributed by atoms with Crippen LogP contribution in [0.1, 0.15) is 84.1 Å². The van der Waals surface area contributed by atoms with E-state index in [0.717, 1.165) is 56.9 Å². The maximum Gasteiger partial charge on any atom is 0.408 e. The van der Waals surface area contributed by atoms with Gasteiger partial charge >= 0.3 is 17.8 Å². The van der Waals surface area contributed by atoms with Crippen molar-refractivity contribution in [3.63, 3.8) is 0 Å². The van der Waals surface area contributed by atoms with Crippen molar-refractivity contribution in [1.29, 1.82) is 0 Å². The molecule has 5 fully saturated rings. The first-order valence-electron chi connectivity index (χ1n) is 15.9. The van der Waals surface area contributed by atoms with Gasteiger partial charge in [0.25, 0.3) is 0 Å². The van der Waals surface area contributed by atoms with Gasteiger partial charge in [0.15, 0.2) is 0 Å². The molecule has 12 nitrogen and oxygen atoms in total. The van der Waals surface area contributed by atoms with E-state index in [9.17, 15) is 24.0 Å². The van der Waals surface area contributed by atoms with Crippen LogP contribution < -0.4 is 21.3 Å². The molecule has 3 heterocycles. The molecule has 2 aliphatic heterocycles. The second kappa shape index (κ2) is 11.3. The van der Waals surface area contributed by atoms with Crippen molar-refractivity contribution in [2.75, 3.05) is 24.6 Å². The lowest BCUT2D eigenvalue weighted by Crippen LogP contribution is -2.61. The van der Waals surface area contributed by atoms with Gasteiger partial charge in [-0.25, -0.2) is 19.4 Å². The number of carbonyl (C=O) groups excluding carboxylic acids is 4. The number of urea groups is 1. The Hall–Kier alpha value is -4.27. The number of likely N-dealkylation sites (tertiary alicyclic amines) is 1. The number of piperidine rings is 1. The minimum atomic E-state index is -0.621. The van der Waals surface area contributed by atoms with Gasteiger partial charge in [-0.3, -0.25) is 19.5 Å². The highest BCUT2D eigenvalue weighted by molar-refractivity contribution is 6.02. The molecule has 5 amide bonds. The van der Waals surface area contributed by atoms with E-state index in [0.29, 0.717) is 24.1 Å². The molecule has 2 bridgehead atoms. The number of fused-ring (bicyclic) bond motifs is 4. The quantitative estimate of drug-likeness (QED) is 0.508. The first kappa shape index (κ1) is 30.7. The fourth-order valence-corrected chi connectivity index (χ4v) is 7.34. The largest absolute Gasteiger partial charge is 0.444 e. The van der Waals surface area contributed by atoms with Crippen molar-refractivity contribution < 1.29 is 23.9 Å². The molecule has 7 rings (SSSR count). The van der Waals surface area contributed by atoms with Crippen molar-refractivity contribution in [3.05, 3.63) is 34.2 Å². The maximum atomic E-state index is 13.8. The summed E-state index contributed by atoms with van der Waals surface area (Å²) < 4.78 is 8.27. The number of imide groups is 1. The van der Waals surface area contributed by atoms with Gasteiger partial charge in [0.1, 0.15) is 5.60 Å². The zero-order valence-electron chi connectivity index (χ0n) is 26.5. The Morgan fingerprint density at radius 1 is 0.978 bits per heavy atom. The van der Waals surface area contributed by atoms with Gasteiger partial charge in [0.2, 0.25) is 11.8 Å². The fraction of sp³-hybridized carbons (Fsp3) is 0.606. The second-order valence-corrected chi connectivity index (χ2v) is 14.1. The Morgan fingerprint density at radius 2 is 1.64 bits per heavy atom. The number of ether oxygens (including phenoxy) is 1. The minimum absolute atomic E-state index is 0.123. The number of imidazole rings is 1. The van der Waals surface area contributed by atoms with Crippen LogP contribution in [0.5, 0.6) is 0 Å². The van der Waals surface area contributed by atoms with Crippen LogP contribution in [0, 0.1) is 23.2 Å². The molecule has 2 N–H and O–H groups in total. The molecule has 2 aromatic rings. The highest BCUT2D eigenvalue weighted by Crippen LogP contribution is 2.53. The lowest BCUT2D eigenvalue weighted by Gasteiger charge is -2.53. The standard InChI is InChI=1S/C33H42N6O6/c1-31(2,3)45-29(43)35-33-15-12-32(13-16-33,14-17-33)27(41)37-18-9-22(10-19-37)5-6-23-7-8-24-25(21-23)36(4)30(44)39(24)38-20-11-26(40)34-28(38)42/h7-8,21-22H,9-20H2,1-4H3,(H,35,43)(H,34,40,42). The van der Waals surface area contributed by atoms with E-state index in [1.54, 1.807) is 13.1 Å². The number of hydrogen-bond acceptors (Lipinski definition) is 6. The van der Waals surface area contributed by atoms with Crippen molar-refractivity contribution in [1.82, 2.24) is 24.8 Å². The first-order chi connectivity index (χ1) is 21.3. The highest BCUT2D eigenvalue weighted by atomic mass is 16.6. The van der Waals surface area contributed by atoms with Crippen molar-refractivity contribution >= 4 is 35.0 Å². The summed E-state index contributed by atoms with van der Waals surface area (Å²) in [6.07, 6.45) is 6.10. The summed E-state index contributed by atoms with van der Waals surface area (Å²) in [4.78, 5) is 65.2. The zero-order chi connectivity index (χ0) is 32.1. The monoisotopic (exact) mass is 618 g/mol. The van der Waals surface area contributed by atoms with E-state index in [1.165, 1.54) is 14.3 Å². The van der Waals surface area contributed by atoms with E-state index >= 15 is 0 Å². The lowest BCUT2D eigenvalue weighted by molar-refractivity contribution is -0.150. The lowest BCUT2D eigenvalue weighted by atomic mass is 9.56. The molecule has 3 aliphatic carbocycles. The maximum absolute atomic E-state index is 13.8. The average Bonchev–Trinajstić information content (AvgIpc) is 3.24. The van der Waals surface area contributed by atoms with Crippen molar-refractivity contribution in [2.24, 2.45) is 18.4 Å². The number of alkyl carbamates (subject to hydrolysis) is 1. The van der Waals surface area contributed by atoms with Crippen LogP contribution >= 0.6 is 0 Å². The first-order valence-corrected chi connectivity index (χ1v) is 15.9. The molecular weight excluding hydrogens is 576 g/mol. The van der Waals surface area contributed by atoms with Crippen LogP contribution in [-0.2, 0) is 21.4 Å². The molecule has 240 valence electrons. The number of hydrogen-bond donors (Lipinski definition) is 2. The number of rotatable bonds is 3. The average molecular weight is 619 g/mol. The van der Waals surface area contributed by atoms with Gasteiger partial charge in [0, 0.05) is 49.0 Å². The molecule has 0 atom stereocenters. The molecule has 45 heavy (non-hydrogen) atoms. The molecule has 12 heteroatoms. The third kappa shape index (κ3) is 5.92. The van der Waals surface area contributed by atoms with Crippen LogP contribution in [0.4, 0.5) is 9.59 Å². The Labute approximate surface area is 262 Å². The molecule has 0 unspecified atom stereocenters. The number of aromatic nitrogens is 2. The molecule has 0 radical (unpaired) electrons. The molecule has 1 aromatic carbocycles. The smallest absolute Gasteiger partial charge is 0.408 e. The molecule has 2 saturated heterocycles. The third-order valence-corrected chi connectivity index (χ3v) is 9.97. The van der Waals surface area contributed by atoms with E-state index in [4.69, 9.17) is 4.74 Å². The third-order valence-electron chi connectivity index (χ3n) is 9.97. The summed E-state index contributed by atoms with van der Waals surface area (Å²) in [7, 11) is 1.65. The van der Waals surface area contributed by atoms with E-state index < -0.39 is 11.6 Å². The van der Waals surface area contributed by atoms with E-state index in [-0.39, 0.29) is 53.4 Å². The van der Waals surface area contributed by atoms with Crippen LogP contribution in [0.2, 0.25) is 0 Å². The van der Waals surface area contributed by atoms with Crippen LogP contribution in [0.25, 0.3) is 11.0 Å². The van der Waals surface area contributed by atoms with Gasteiger partial charge in [-0.1, -0.05) is 11.8 Å². The number of nitrogens with one attached hydrogen (secondary N) is 2. The van der Waals surface area contributed by atoms with Crippen LogP contribution in [-0.4, -0.2) is 68.9 Å². The summed E-state index contributed by atoms with van der Waals surface area (Å²) in [5.74, 6) is 6.70. The summed E-state index contributed by atoms with van der Waals surface area (Å²) in [6, 6.07) is 4.83. The number of amides is 5. The number of benzene rings is 1. The Kier molecular flexibility index (Phi) is 7.70. The summed E-state index contributed by atoms with van der Waals surface area (Å²) in [5.41, 5.74) is 0.442. The zero-order valence-corrected chi connectivity index (χ0v) is 26.5. The van der Waals surface area contributed by atoms with Gasteiger partial charge < -0.3 is 15.0 Å². The Bertz CT molecular complexity index is 1650. The van der Waals surface area contributed by atoms with Gasteiger partial charge in [-0.15, -0.1) is 0 Å². The van der Waals surface area contributed by atoms with Gasteiger partial charge in [-0.2, -0.15) is 4.68 Å². The summed E-state index contributed by atoms with van der Waals surface area (Å²) >= 11 is 0. The van der Waals surface area contributed by atoms with Crippen molar-refractivity contribution in [2.45, 2.75) is 89.7 Å². The predicted molar refractivity (Wildman–Crippen MR) is 167 cm³/mol. The molecule has 0 spiro atoms. The molecule has 3 saturated carbocycles. The van der Waals surface area contributed by atoms with Crippen molar-refractivity contribution in [3.8, 4) is 11.8 Å². The van der Waals surface area contributed by atoms with Gasteiger partial charge in [-0.05, 0) is 90.3 Å². The van der Waals surface area contributed by atoms with Gasteiger partial charge in [0.05, 0.1) is 17.6 Å². The SMILES string of the molecule is Cn1c(=O)n(N2CCC(=O)NC2=O)c2ccc(C#CC3CCN(C(=O)C45CCC(NC(=O)OC(C)(C)C)(CC4)CC5)CC3)cc21. The number of aryl methyl sites for hydroxylation is 1. The van der Waals surface area contributed by atoms with Crippen LogP contribution in [0.3, 0.4) is 0 Å².